The normalized spacial score (nSPS) is 30.8. The topological polar surface area (TPSA) is 9.23 Å². The minimum absolute atomic E-state index is 0.329. The molecule has 0 amide bonds. The number of hydrogen-bond acceptors (Lipinski definition) is 1. The van der Waals surface area contributed by atoms with E-state index in [1.807, 2.05) is 0 Å². The van der Waals surface area contributed by atoms with Gasteiger partial charge >= 0.3 is 0 Å². The van der Waals surface area contributed by atoms with Gasteiger partial charge in [0.2, 0.25) is 0 Å². The van der Waals surface area contributed by atoms with Gasteiger partial charge in [-0.3, -0.25) is 0 Å². The summed E-state index contributed by atoms with van der Waals surface area (Å²) < 4.78 is 6.73. The molecule has 0 aromatic rings. The first-order valence-electron chi connectivity index (χ1n) is 7.72. The molecule has 0 unspecified atom stereocenters. The van der Waals surface area contributed by atoms with E-state index in [9.17, 15) is 0 Å². The highest BCUT2D eigenvalue weighted by Crippen LogP contribution is 2.42. The van der Waals surface area contributed by atoms with E-state index in [0.717, 1.165) is 17.8 Å². The van der Waals surface area contributed by atoms with Crippen LogP contribution in [0.2, 0.25) is 18.1 Å². The van der Waals surface area contributed by atoms with Crippen molar-refractivity contribution in [2.24, 2.45) is 17.8 Å². The highest BCUT2D eigenvalue weighted by molar-refractivity contribution is 6.74. The molecule has 0 saturated heterocycles. The predicted octanol–water partition coefficient (Wildman–Crippen LogP) is 5.47. The summed E-state index contributed by atoms with van der Waals surface area (Å²) in [5.41, 5.74) is 0. The maximum Gasteiger partial charge on any atom is 0.192 e. The van der Waals surface area contributed by atoms with Gasteiger partial charge in [-0.25, -0.2) is 0 Å². The third-order valence-corrected chi connectivity index (χ3v) is 9.72. The summed E-state index contributed by atoms with van der Waals surface area (Å²) >= 11 is 0. The van der Waals surface area contributed by atoms with E-state index in [1.165, 1.54) is 19.3 Å². The van der Waals surface area contributed by atoms with Crippen molar-refractivity contribution < 1.29 is 4.43 Å². The van der Waals surface area contributed by atoms with E-state index in [1.54, 1.807) is 0 Å². The van der Waals surface area contributed by atoms with Gasteiger partial charge in [-0.2, -0.15) is 0 Å². The van der Waals surface area contributed by atoms with Crippen LogP contribution in [0.4, 0.5) is 0 Å². The van der Waals surface area contributed by atoms with Crippen molar-refractivity contribution in [1.82, 2.24) is 0 Å². The van der Waals surface area contributed by atoms with Gasteiger partial charge in [0.25, 0.3) is 0 Å². The zero-order valence-corrected chi connectivity index (χ0v) is 14.8. The van der Waals surface area contributed by atoms with E-state index < -0.39 is 8.32 Å². The van der Waals surface area contributed by atoms with Crippen molar-refractivity contribution in [3.8, 4) is 0 Å². The van der Waals surface area contributed by atoms with Gasteiger partial charge in [-0.05, 0) is 48.7 Å². The van der Waals surface area contributed by atoms with Crippen LogP contribution in [0.5, 0.6) is 0 Å². The molecule has 0 bridgehead atoms. The maximum atomic E-state index is 6.73. The molecule has 2 heteroatoms. The lowest BCUT2D eigenvalue weighted by atomic mass is 9.75. The molecule has 0 N–H and O–H groups in total. The molecule has 1 fully saturated rings. The second-order valence-electron chi connectivity index (χ2n) is 8.24. The number of hydrogen-bond donors (Lipinski definition) is 0. The Morgan fingerprint density at radius 2 is 1.67 bits per heavy atom. The second-order valence-corrected chi connectivity index (χ2v) is 13.0. The molecule has 108 valence electrons. The Labute approximate surface area is 116 Å². The van der Waals surface area contributed by atoms with E-state index in [0.29, 0.717) is 11.1 Å². The van der Waals surface area contributed by atoms with Gasteiger partial charge in [0.1, 0.15) is 0 Å². The van der Waals surface area contributed by atoms with Crippen LogP contribution in [0.1, 0.15) is 60.8 Å². The van der Waals surface area contributed by atoms with Crippen LogP contribution in [0, 0.1) is 17.8 Å². The van der Waals surface area contributed by atoms with Crippen molar-refractivity contribution in [2.75, 3.05) is 0 Å². The van der Waals surface area contributed by atoms with Crippen molar-refractivity contribution in [1.29, 1.82) is 0 Å². The SMILES string of the molecule is CC(C)[C@@H]1CC[C@@H](C)C[C@H]1O[Si](C)(C)C(C)(C)C. The van der Waals surface area contributed by atoms with Crippen LogP contribution in [-0.4, -0.2) is 14.4 Å². The van der Waals surface area contributed by atoms with Gasteiger partial charge < -0.3 is 4.43 Å². The maximum absolute atomic E-state index is 6.73. The summed E-state index contributed by atoms with van der Waals surface area (Å²) in [6, 6.07) is 0. The lowest BCUT2D eigenvalue weighted by molar-refractivity contribution is 0.0355. The smallest absolute Gasteiger partial charge is 0.192 e. The minimum atomic E-state index is -1.61. The Balaban J connectivity index is 2.78. The van der Waals surface area contributed by atoms with Crippen molar-refractivity contribution in [3.63, 3.8) is 0 Å². The summed E-state index contributed by atoms with van der Waals surface area (Å²) in [7, 11) is -1.61. The van der Waals surface area contributed by atoms with Crippen LogP contribution in [0.25, 0.3) is 0 Å². The summed E-state index contributed by atoms with van der Waals surface area (Å²) in [4.78, 5) is 0. The summed E-state index contributed by atoms with van der Waals surface area (Å²) in [5, 5.41) is 0.329. The molecule has 0 aromatic carbocycles. The first-order valence-corrected chi connectivity index (χ1v) is 10.6. The molecule has 18 heavy (non-hydrogen) atoms. The fourth-order valence-corrected chi connectivity index (χ4v) is 4.19. The van der Waals surface area contributed by atoms with Gasteiger partial charge in [0.05, 0.1) is 0 Å². The van der Waals surface area contributed by atoms with Crippen LogP contribution >= 0.6 is 0 Å². The molecule has 1 nitrogen and oxygen atoms in total. The molecular weight excluding hydrogens is 236 g/mol. The first-order chi connectivity index (χ1) is 8.04. The predicted molar refractivity (Wildman–Crippen MR) is 83.4 cm³/mol. The van der Waals surface area contributed by atoms with Gasteiger partial charge in [-0.15, -0.1) is 0 Å². The Morgan fingerprint density at radius 3 is 2.11 bits per heavy atom. The molecule has 1 aliphatic rings. The van der Waals surface area contributed by atoms with Crippen LogP contribution in [0.15, 0.2) is 0 Å². The van der Waals surface area contributed by atoms with Crippen molar-refractivity contribution >= 4 is 8.32 Å². The second kappa shape index (κ2) is 5.66. The Bertz CT molecular complexity index is 265. The summed E-state index contributed by atoms with van der Waals surface area (Å²) in [6.07, 6.45) is 4.53. The van der Waals surface area contributed by atoms with Crippen LogP contribution < -0.4 is 0 Å². The molecule has 1 aliphatic carbocycles. The molecule has 3 atom stereocenters. The standard InChI is InChI=1S/C16H34OSi/c1-12(2)14-10-9-13(3)11-15(14)17-18(7,8)16(4,5)6/h12-15H,9-11H2,1-8H3/t13-,14+,15-/m1/s1. The molecular formula is C16H34OSi. The fraction of sp³-hybridized carbons (Fsp3) is 1.00. The van der Waals surface area contributed by atoms with Gasteiger partial charge in [0, 0.05) is 6.10 Å². The average Bonchev–Trinajstić information content (AvgIpc) is 2.14. The fourth-order valence-electron chi connectivity index (χ4n) is 2.81. The van der Waals surface area contributed by atoms with Crippen molar-refractivity contribution in [2.45, 2.75) is 85.0 Å². The molecule has 0 heterocycles. The molecule has 0 radical (unpaired) electrons. The van der Waals surface area contributed by atoms with Gasteiger partial charge in [-0.1, -0.05) is 48.0 Å². The largest absolute Gasteiger partial charge is 0.414 e. The first kappa shape index (κ1) is 16.2. The highest BCUT2D eigenvalue weighted by Gasteiger charge is 2.42. The number of rotatable bonds is 3. The molecule has 1 saturated carbocycles. The molecule has 0 aromatic heterocycles. The van der Waals surface area contributed by atoms with E-state index in [4.69, 9.17) is 4.43 Å². The zero-order chi connectivity index (χ0) is 14.1. The quantitative estimate of drug-likeness (QED) is 0.618. The lowest BCUT2D eigenvalue weighted by Crippen LogP contribution is -2.48. The molecule has 1 rings (SSSR count). The van der Waals surface area contributed by atoms with Crippen LogP contribution in [-0.2, 0) is 4.43 Å². The van der Waals surface area contributed by atoms with E-state index >= 15 is 0 Å². The summed E-state index contributed by atoms with van der Waals surface area (Å²) in [6.45, 7) is 18.9. The van der Waals surface area contributed by atoms with Crippen LogP contribution in [0.3, 0.4) is 0 Å². The monoisotopic (exact) mass is 270 g/mol. The Morgan fingerprint density at radius 1 is 1.11 bits per heavy atom. The average molecular weight is 271 g/mol. The van der Waals surface area contributed by atoms with E-state index in [2.05, 4.69) is 54.6 Å². The highest BCUT2D eigenvalue weighted by atomic mass is 28.4. The zero-order valence-electron chi connectivity index (χ0n) is 13.8. The third-order valence-electron chi connectivity index (χ3n) is 5.21. The van der Waals surface area contributed by atoms with Gasteiger partial charge in [0.15, 0.2) is 8.32 Å². The Kier molecular flexibility index (Phi) is 5.11. The molecule has 0 aliphatic heterocycles. The molecule has 0 spiro atoms. The lowest BCUT2D eigenvalue weighted by Gasteiger charge is -2.45. The Hall–Kier alpha value is 0.177. The minimum Gasteiger partial charge on any atom is -0.414 e. The van der Waals surface area contributed by atoms with Crippen molar-refractivity contribution in [3.05, 3.63) is 0 Å². The third kappa shape index (κ3) is 3.83. The van der Waals surface area contributed by atoms with E-state index in [-0.39, 0.29) is 0 Å². The summed E-state index contributed by atoms with van der Waals surface area (Å²) in [5.74, 6) is 2.37.